The lowest BCUT2D eigenvalue weighted by atomic mass is 9.88. The van der Waals surface area contributed by atoms with Crippen LogP contribution in [-0.2, 0) is 9.53 Å². The first-order valence-corrected chi connectivity index (χ1v) is 6.62. The quantitative estimate of drug-likeness (QED) is 0.758. The van der Waals surface area contributed by atoms with Crippen LogP contribution < -0.4 is 10.2 Å². The van der Waals surface area contributed by atoms with E-state index in [9.17, 15) is 4.79 Å². The Morgan fingerprint density at radius 1 is 1.39 bits per heavy atom. The minimum atomic E-state index is 0.115. The number of nitrogens with one attached hydrogen (secondary N) is 1. The molecule has 3 aliphatic rings. The van der Waals surface area contributed by atoms with Crippen LogP contribution >= 0.6 is 0 Å². The standard InChI is InChI=1S/C14H16N2O2/c17-12-4-6-16-8-9-5-7-18-14(9)10-2-1-3-11(15-12)13(10)16/h1-3,9,14H,4-8H2,(H,15,17). The van der Waals surface area contributed by atoms with Crippen LogP contribution in [0.25, 0.3) is 0 Å². The minimum absolute atomic E-state index is 0.115. The van der Waals surface area contributed by atoms with Gasteiger partial charge in [-0.25, -0.2) is 0 Å². The highest BCUT2D eigenvalue weighted by atomic mass is 16.5. The molecular weight excluding hydrogens is 228 g/mol. The van der Waals surface area contributed by atoms with E-state index >= 15 is 0 Å². The number of fused-ring (bicyclic) bond motifs is 2. The van der Waals surface area contributed by atoms with E-state index in [1.807, 2.05) is 12.1 Å². The van der Waals surface area contributed by atoms with Crippen LogP contribution in [0.3, 0.4) is 0 Å². The molecule has 0 spiro atoms. The summed E-state index contributed by atoms with van der Waals surface area (Å²) in [5.41, 5.74) is 3.39. The molecule has 0 aromatic heterocycles. The van der Waals surface area contributed by atoms with Crippen LogP contribution in [0.5, 0.6) is 0 Å². The Morgan fingerprint density at radius 2 is 2.33 bits per heavy atom. The lowest BCUT2D eigenvalue weighted by Crippen LogP contribution is -2.36. The number of carbonyl (C=O) groups excluding carboxylic acids is 1. The molecule has 1 amide bonds. The summed E-state index contributed by atoms with van der Waals surface area (Å²) in [4.78, 5) is 14.1. The normalized spacial score (nSPS) is 29.3. The van der Waals surface area contributed by atoms with Crippen LogP contribution in [0.1, 0.15) is 24.5 Å². The van der Waals surface area contributed by atoms with E-state index in [0.717, 1.165) is 31.8 Å². The number of hydrogen-bond donors (Lipinski definition) is 1. The smallest absolute Gasteiger partial charge is 0.226 e. The third-order valence-electron chi connectivity index (χ3n) is 4.24. The van der Waals surface area contributed by atoms with E-state index in [0.29, 0.717) is 12.3 Å². The molecule has 1 fully saturated rings. The van der Waals surface area contributed by atoms with Gasteiger partial charge in [0.15, 0.2) is 0 Å². The molecule has 0 saturated carbocycles. The van der Waals surface area contributed by atoms with Gasteiger partial charge in [-0.2, -0.15) is 0 Å². The number of amides is 1. The molecule has 4 rings (SSSR count). The number of nitrogens with zero attached hydrogens (tertiary/aromatic N) is 1. The molecule has 0 aliphatic carbocycles. The van der Waals surface area contributed by atoms with Crippen molar-refractivity contribution < 1.29 is 9.53 Å². The maximum atomic E-state index is 11.7. The van der Waals surface area contributed by atoms with Crippen LogP contribution in [0.4, 0.5) is 11.4 Å². The minimum Gasteiger partial charge on any atom is -0.373 e. The van der Waals surface area contributed by atoms with Crippen molar-refractivity contribution >= 4 is 17.3 Å². The number of benzene rings is 1. The monoisotopic (exact) mass is 244 g/mol. The number of para-hydroxylation sites is 1. The van der Waals surface area contributed by atoms with E-state index in [1.165, 1.54) is 11.3 Å². The number of carbonyl (C=O) groups is 1. The Kier molecular flexibility index (Phi) is 2.14. The number of hydrogen-bond acceptors (Lipinski definition) is 3. The molecule has 1 N–H and O–H groups in total. The molecule has 3 heterocycles. The van der Waals surface area contributed by atoms with Gasteiger partial charge in [0.1, 0.15) is 0 Å². The lowest BCUT2D eigenvalue weighted by molar-refractivity contribution is -0.115. The van der Waals surface area contributed by atoms with Gasteiger partial charge in [0, 0.05) is 37.6 Å². The summed E-state index contributed by atoms with van der Waals surface area (Å²) < 4.78 is 5.88. The van der Waals surface area contributed by atoms with E-state index in [2.05, 4.69) is 16.3 Å². The maximum absolute atomic E-state index is 11.7. The van der Waals surface area contributed by atoms with E-state index in [-0.39, 0.29) is 12.0 Å². The summed E-state index contributed by atoms with van der Waals surface area (Å²) in [6.07, 6.45) is 1.93. The topological polar surface area (TPSA) is 41.6 Å². The van der Waals surface area contributed by atoms with Crippen molar-refractivity contribution in [3.63, 3.8) is 0 Å². The first-order chi connectivity index (χ1) is 8.83. The van der Waals surface area contributed by atoms with Crippen LogP contribution in [0.2, 0.25) is 0 Å². The zero-order chi connectivity index (χ0) is 12.1. The third kappa shape index (κ3) is 1.38. The number of anilines is 2. The Balaban J connectivity index is 1.88. The molecule has 1 aromatic carbocycles. The van der Waals surface area contributed by atoms with Crippen molar-refractivity contribution in [3.05, 3.63) is 23.8 Å². The van der Waals surface area contributed by atoms with Crippen LogP contribution in [0.15, 0.2) is 18.2 Å². The first kappa shape index (κ1) is 10.4. The highest BCUT2D eigenvalue weighted by Crippen LogP contribution is 2.47. The average molecular weight is 244 g/mol. The Labute approximate surface area is 106 Å². The molecular formula is C14H16N2O2. The Bertz CT molecular complexity index is 515. The van der Waals surface area contributed by atoms with Crippen molar-refractivity contribution in [2.45, 2.75) is 18.9 Å². The van der Waals surface area contributed by atoms with Gasteiger partial charge in [0.2, 0.25) is 5.91 Å². The van der Waals surface area contributed by atoms with E-state index in [1.54, 1.807) is 0 Å². The fraction of sp³-hybridized carbons (Fsp3) is 0.500. The van der Waals surface area contributed by atoms with Gasteiger partial charge >= 0.3 is 0 Å². The molecule has 0 radical (unpaired) electrons. The molecule has 4 nitrogen and oxygen atoms in total. The van der Waals surface area contributed by atoms with Crippen molar-refractivity contribution in [1.82, 2.24) is 0 Å². The second-order valence-electron chi connectivity index (χ2n) is 5.33. The molecule has 18 heavy (non-hydrogen) atoms. The molecule has 2 atom stereocenters. The van der Waals surface area contributed by atoms with Crippen LogP contribution in [-0.4, -0.2) is 25.6 Å². The highest BCUT2D eigenvalue weighted by Gasteiger charge is 2.39. The zero-order valence-corrected chi connectivity index (χ0v) is 10.2. The molecule has 4 heteroatoms. The first-order valence-electron chi connectivity index (χ1n) is 6.62. The zero-order valence-electron chi connectivity index (χ0n) is 10.2. The van der Waals surface area contributed by atoms with Gasteiger partial charge in [-0.15, -0.1) is 0 Å². The molecule has 3 aliphatic heterocycles. The summed E-state index contributed by atoms with van der Waals surface area (Å²) in [6.45, 7) is 2.70. The van der Waals surface area contributed by atoms with Crippen molar-refractivity contribution in [1.29, 1.82) is 0 Å². The van der Waals surface area contributed by atoms with Crippen molar-refractivity contribution in [2.75, 3.05) is 29.9 Å². The SMILES string of the molecule is O=C1CCN2CC3CCOC3c3cccc(c32)N1. The molecule has 0 bridgehead atoms. The van der Waals surface area contributed by atoms with Crippen LogP contribution in [0, 0.1) is 5.92 Å². The Hall–Kier alpha value is -1.55. The van der Waals surface area contributed by atoms with Gasteiger partial charge < -0.3 is 15.0 Å². The predicted octanol–water partition coefficient (Wildman–Crippen LogP) is 1.93. The molecule has 1 aromatic rings. The second-order valence-corrected chi connectivity index (χ2v) is 5.33. The maximum Gasteiger partial charge on any atom is 0.226 e. The highest BCUT2D eigenvalue weighted by molar-refractivity contribution is 5.97. The molecule has 1 saturated heterocycles. The number of rotatable bonds is 0. The fourth-order valence-electron chi connectivity index (χ4n) is 3.44. The van der Waals surface area contributed by atoms with Gasteiger partial charge in [0.25, 0.3) is 0 Å². The van der Waals surface area contributed by atoms with Gasteiger partial charge in [-0.05, 0) is 12.5 Å². The molecule has 2 unspecified atom stereocenters. The van der Waals surface area contributed by atoms with Crippen molar-refractivity contribution in [3.8, 4) is 0 Å². The van der Waals surface area contributed by atoms with Crippen molar-refractivity contribution in [2.24, 2.45) is 5.92 Å². The van der Waals surface area contributed by atoms with Gasteiger partial charge in [0.05, 0.1) is 17.5 Å². The lowest BCUT2D eigenvalue weighted by Gasteiger charge is -2.37. The summed E-state index contributed by atoms with van der Waals surface area (Å²) in [7, 11) is 0. The second kappa shape index (κ2) is 3.72. The Morgan fingerprint density at radius 3 is 3.28 bits per heavy atom. The largest absolute Gasteiger partial charge is 0.373 e. The third-order valence-corrected chi connectivity index (χ3v) is 4.24. The van der Waals surface area contributed by atoms with E-state index < -0.39 is 0 Å². The fourth-order valence-corrected chi connectivity index (χ4v) is 3.44. The predicted molar refractivity (Wildman–Crippen MR) is 68.7 cm³/mol. The summed E-state index contributed by atoms with van der Waals surface area (Å²) >= 11 is 0. The average Bonchev–Trinajstić information content (AvgIpc) is 2.78. The summed E-state index contributed by atoms with van der Waals surface area (Å²) in [5.74, 6) is 0.699. The summed E-state index contributed by atoms with van der Waals surface area (Å²) in [6, 6.07) is 6.15. The van der Waals surface area contributed by atoms with Gasteiger partial charge in [-0.1, -0.05) is 12.1 Å². The van der Waals surface area contributed by atoms with E-state index in [4.69, 9.17) is 4.74 Å². The molecule has 94 valence electrons. The summed E-state index contributed by atoms with van der Waals surface area (Å²) in [5, 5.41) is 3.01. The number of ether oxygens (including phenoxy) is 1. The van der Waals surface area contributed by atoms with Gasteiger partial charge in [-0.3, -0.25) is 4.79 Å².